The van der Waals surface area contributed by atoms with Gasteiger partial charge < -0.3 is 9.47 Å². The maximum Gasteiger partial charge on any atom is 0.140 e. The Kier molecular flexibility index (Phi) is 5.38. The van der Waals surface area contributed by atoms with E-state index in [9.17, 15) is 0 Å². The zero-order valence-corrected chi connectivity index (χ0v) is 8.77. The van der Waals surface area contributed by atoms with Crippen LogP contribution in [0.3, 0.4) is 0 Å². The van der Waals surface area contributed by atoms with Gasteiger partial charge in [0.2, 0.25) is 0 Å². The number of hydrogen-bond acceptors (Lipinski definition) is 4. The number of pyridine rings is 1. The first-order chi connectivity index (χ1) is 7.36. The van der Waals surface area contributed by atoms with Gasteiger partial charge in [-0.2, -0.15) is 5.26 Å². The van der Waals surface area contributed by atoms with Gasteiger partial charge in [-0.05, 0) is 24.6 Å². The summed E-state index contributed by atoms with van der Waals surface area (Å²) < 4.78 is 10.5. The zero-order chi connectivity index (χ0) is 10.9. The minimum atomic E-state index is 0.418. The van der Waals surface area contributed by atoms with Crippen LogP contribution in [-0.4, -0.2) is 24.8 Å². The number of nitriles is 1. The molecular formula is C11H14N2O2. The second-order valence-electron chi connectivity index (χ2n) is 2.91. The van der Waals surface area contributed by atoms with E-state index in [0.717, 1.165) is 5.56 Å². The molecule has 1 heterocycles. The Morgan fingerprint density at radius 3 is 2.93 bits per heavy atom. The van der Waals surface area contributed by atoms with Gasteiger partial charge in [-0.15, -0.1) is 0 Å². The van der Waals surface area contributed by atoms with Crippen LogP contribution in [0.1, 0.15) is 18.2 Å². The first-order valence-electron chi connectivity index (χ1n) is 4.87. The van der Waals surface area contributed by atoms with Gasteiger partial charge in [-0.25, -0.2) is 4.98 Å². The van der Waals surface area contributed by atoms with Crippen LogP contribution in [0.5, 0.6) is 0 Å². The molecule has 15 heavy (non-hydrogen) atoms. The van der Waals surface area contributed by atoms with E-state index < -0.39 is 0 Å². The second kappa shape index (κ2) is 6.93. The predicted molar refractivity (Wildman–Crippen MR) is 55.1 cm³/mol. The molecule has 0 aliphatic heterocycles. The van der Waals surface area contributed by atoms with Crippen LogP contribution in [0.25, 0.3) is 0 Å². The molecule has 0 N–H and O–H groups in total. The molecule has 0 aromatic carbocycles. The smallest absolute Gasteiger partial charge is 0.140 e. The summed E-state index contributed by atoms with van der Waals surface area (Å²) >= 11 is 0. The van der Waals surface area contributed by atoms with Gasteiger partial charge in [0, 0.05) is 12.8 Å². The van der Waals surface area contributed by atoms with Crippen molar-refractivity contribution in [3.8, 4) is 6.07 Å². The van der Waals surface area contributed by atoms with Crippen molar-refractivity contribution >= 4 is 0 Å². The van der Waals surface area contributed by atoms with E-state index >= 15 is 0 Å². The summed E-state index contributed by atoms with van der Waals surface area (Å²) in [5.74, 6) is 0. The molecule has 0 amide bonds. The Morgan fingerprint density at radius 1 is 1.40 bits per heavy atom. The van der Waals surface area contributed by atoms with Crippen molar-refractivity contribution in [3.05, 3.63) is 29.6 Å². The summed E-state index contributed by atoms with van der Waals surface area (Å²) in [4.78, 5) is 3.87. The molecule has 0 spiro atoms. The molecule has 1 rings (SSSR count). The highest BCUT2D eigenvalue weighted by atomic mass is 16.5. The average Bonchev–Trinajstić information content (AvgIpc) is 2.29. The number of nitrogens with zero attached hydrogens (tertiary/aromatic N) is 2. The summed E-state index contributed by atoms with van der Waals surface area (Å²) in [5, 5.41) is 8.63. The Labute approximate surface area is 89.5 Å². The molecule has 0 aliphatic rings. The van der Waals surface area contributed by atoms with Gasteiger partial charge in [0.25, 0.3) is 0 Å². The van der Waals surface area contributed by atoms with Crippen molar-refractivity contribution in [1.29, 1.82) is 5.26 Å². The SMILES string of the molecule is CCOCCOCc1ccnc(C#N)c1. The number of hydrogen-bond donors (Lipinski definition) is 0. The highest BCUT2D eigenvalue weighted by Gasteiger charge is 1.96. The third-order valence-electron chi connectivity index (χ3n) is 1.78. The molecule has 80 valence electrons. The van der Waals surface area contributed by atoms with E-state index in [0.29, 0.717) is 32.1 Å². The van der Waals surface area contributed by atoms with Crippen LogP contribution in [-0.2, 0) is 16.1 Å². The predicted octanol–water partition coefficient (Wildman–Crippen LogP) is 1.51. The first kappa shape index (κ1) is 11.6. The summed E-state index contributed by atoms with van der Waals surface area (Å²) in [5.41, 5.74) is 1.37. The third kappa shape index (κ3) is 4.54. The van der Waals surface area contributed by atoms with E-state index in [1.807, 2.05) is 19.1 Å². The topological polar surface area (TPSA) is 55.1 Å². The summed E-state index contributed by atoms with van der Waals surface area (Å²) in [7, 11) is 0. The molecule has 0 radical (unpaired) electrons. The summed E-state index contributed by atoms with van der Waals surface area (Å²) in [6, 6.07) is 5.54. The van der Waals surface area contributed by atoms with Gasteiger partial charge in [-0.3, -0.25) is 0 Å². The van der Waals surface area contributed by atoms with Crippen LogP contribution >= 0.6 is 0 Å². The molecule has 1 aromatic heterocycles. The average molecular weight is 206 g/mol. The van der Waals surface area contributed by atoms with E-state index in [2.05, 4.69) is 4.98 Å². The lowest BCUT2D eigenvalue weighted by atomic mass is 10.2. The van der Waals surface area contributed by atoms with Crippen molar-refractivity contribution in [2.75, 3.05) is 19.8 Å². The molecular weight excluding hydrogens is 192 g/mol. The fraction of sp³-hybridized carbons (Fsp3) is 0.455. The van der Waals surface area contributed by atoms with Crippen molar-refractivity contribution in [1.82, 2.24) is 4.98 Å². The molecule has 4 nitrogen and oxygen atoms in total. The highest BCUT2D eigenvalue weighted by molar-refractivity contribution is 5.24. The zero-order valence-electron chi connectivity index (χ0n) is 8.77. The molecule has 0 fully saturated rings. The van der Waals surface area contributed by atoms with Gasteiger partial charge in [-0.1, -0.05) is 0 Å². The van der Waals surface area contributed by atoms with Crippen molar-refractivity contribution in [2.45, 2.75) is 13.5 Å². The van der Waals surface area contributed by atoms with E-state index in [1.54, 1.807) is 12.3 Å². The fourth-order valence-corrected chi connectivity index (χ4v) is 1.08. The normalized spacial score (nSPS) is 9.87. The van der Waals surface area contributed by atoms with Crippen molar-refractivity contribution in [2.24, 2.45) is 0 Å². The Bertz CT molecular complexity index is 334. The number of rotatable bonds is 6. The first-order valence-corrected chi connectivity index (χ1v) is 4.87. The maximum atomic E-state index is 8.63. The quantitative estimate of drug-likeness (QED) is 0.662. The molecule has 0 atom stereocenters. The van der Waals surface area contributed by atoms with Crippen LogP contribution in [0.4, 0.5) is 0 Å². The number of aromatic nitrogens is 1. The van der Waals surface area contributed by atoms with Crippen LogP contribution in [0.15, 0.2) is 18.3 Å². The molecule has 1 aromatic rings. The fourth-order valence-electron chi connectivity index (χ4n) is 1.08. The highest BCUT2D eigenvalue weighted by Crippen LogP contribution is 2.02. The molecule has 0 aliphatic carbocycles. The van der Waals surface area contributed by atoms with Crippen molar-refractivity contribution in [3.63, 3.8) is 0 Å². The van der Waals surface area contributed by atoms with Gasteiger partial charge >= 0.3 is 0 Å². The molecule has 0 unspecified atom stereocenters. The standard InChI is InChI=1S/C11H14N2O2/c1-2-14-5-6-15-9-10-3-4-13-11(7-10)8-12/h3-4,7H,2,5-6,9H2,1H3. The van der Waals surface area contributed by atoms with Crippen LogP contribution < -0.4 is 0 Å². The summed E-state index contributed by atoms with van der Waals surface area (Å²) in [6.45, 7) is 4.31. The third-order valence-corrected chi connectivity index (χ3v) is 1.78. The van der Waals surface area contributed by atoms with Crippen LogP contribution in [0, 0.1) is 11.3 Å². The largest absolute Gasteiger partial charge is 0.379 e. The molecule has 0 saturated carbocycles. The summed E-state index contributed by atoms with van der Waals surface area (Å²) in [6.07, 6.45) is 1.61. The van der Waals surface area contributed by atoms with E-state index in [4.69, 9.17) is 14.7 Å². The van der Waals surface area contributed by atoms with Gasteiger partial charge in [0.05, 0.1) is 19.8 Å². The Hall–Kier alpha value is -1.44. The van der Waals surface area contributed by atoms with Crippen LogP contribution in [0.2, 0.25) is 0 Å². The lowest BCUT2D eigenvalue weighted by molar-refractivity contribution is 0.0452. The number of ether oxygens (including phenoxy) is 2. The van der Waals surface area contributed by atoms with Gasteiger partial charge in [0.1, 0.15) is 11.8 Å². The minimum absolute atomic E-state index is 0.418. The monoisotopic (exact) mass is 206 g/mol. The lowest BCUT2D eigenvalue weighted by Gasteiger charge is -2.04. The lowest BCUT2D eigenvalue weighted by Crippen LogP contribution is -2.04. The minimum Gasteiger partial charge on any atom is -0.379 e. The molecule has 4 heteroatoms. The van der Waals surface area contributed by atoms with Crippen molar-refractivity contribution < 1.29 is 9.47 Å². The van der Waals surface area contributed by atoms with Gasteiger partial charge in [0.15, 0.2) is 0 Å². The van der Waals surface area contributed by atoms with E-state index in [-0.39, 0.29) is 0 Å². The maximum absolute atomic E-state index is 8.63. The molecule has 0 saturated heterocycles. The van der Waals surface area contributed by atoms with E-state index in [1.165, 1.54) is 0 Å². The second-order valence-corrected chi connectivity index (χ2v) is 2.91. The Balaban J connectivity index is 2.28. The Morgan fingerprint density at radius 2 is 2.20 bits per heavy atom. The molecule has 0 bridgehead atoms.